The highest BCUT2D eigenvalue weighted by atomic mass is 35.5. The van der Waals surface area contributed by atoms with Crippen LogP contribution in [-0.4, -0.2) is 13.0 Å². The molecule has 3 aromatic rings. The van der Waals surface area contributed by atoms with Gasteiger partial charge in [-0.25, -0.2) is 0 Å². The second kappa shape index (κ2) is 10.2. The van der Waals surface area contributed by atoms with Gasteiger partial charge in [0.25, 0.3) is 5.91 Å². The molecule has 0 bridgehead atoms. The Labute approximate surface area is 191 Å². The first-order valence-electron chi connectivity index (χ1n) is 9.51. The van der Waals surface area contributed by atoms with E-state index in [2.05, 4.69) is 5.32 Å². The minimum atomic E-state index is -0.512. The summed E-state index contributed by atoms with van der Waals surface area (Å²) in [6, 6.07) is 20.3. The number of carbonyl (C=O) groups is 1. The van der Waals surface area contributed by atoms with E-state index >= 15 is 0 Å². The minimum absolute atomic E-state index is 0.0300. The number of aryl methyl sites for hydroxylation is 1. The molecule has 0 unspecified atom stereocenters. The van der Waals surface area contributed by atoms with E-state index in [4.69, 9.17) is 27.9 Å². The molecule has 0 saturated heterocycles. The van der Waals surface area contributed by atoms with Crippen molar-refractivity contribution >= 4 is 40.9 Å². The topological polar surface area (TPSA) is 62.1 Å². The average molecular weight is 451 g/mol. The molecule has 0 aliphatic rings. The maximum Gasteiger partial charge on any atom is 0.266 e. The van der Waals surface area contributed by atoms with Crippen LogP contribution in [0.2, 0.25) is 10.0 Å². The third kappa shape index (κ3) is 5.67. The van der Waals surface area contributed by atoms with Crippen LogP contribution in [0.3, 0.4) is 0 Å². The van der Waals surface area contributed by atoms with Gasteiger partial charge in [0.2, 0.25) is 0 Å². The van der Waals surface area contributed by atoms with Crippen LogP contribution in [0.1, 0.15) is 22.3 Å². The van der Waals surface area contributed by atoms with Crippen LogP contribution in [0.4, 0.5) is 5.69 Å². The molecule has 3 aromatic carbocycles. The number of nitriles is 1. The molecule has 1 N–H and O–H groups in total. The molecule has 0 spiro atoms. The van der Waals surface area contributed by atoms with E-state index in [0.29, 0.717) is 33.5 Å². The van der Waals surface area contributed by atoms with Crippen molar-refractivity contribution in [1.82, 2.24) is 0 Å². The maximum absolute atomic E-state index is 12.6. The molecule has 0 aromatic heterocycles. The van der Waals surface area contributed by atoms with Crippen molar-refractivity contribution in [2.75, 3.05) is 12.4 Å². The Kier molecular flexibility index (Phi) is 7.36. The summed E-state index contributed by atoms with van der Waals surface area (Å²) in [5.74, 6) is 0.137. The van der Waals surface area contributed by atoms with Gasteiger partial charge in [-0.1, -0.05) is 59.6 Å². The fraction of sp³-hybridized carbons (Fsp3) is 0.120. The SMILES string of the molecule is COc1cc(/C=C(\C#N)C(=O)Nc2ccc(C)c(Cl)c2)ccc1Cc1ccccc1Cl. The van der Waals surface area contributed by atoms with Gasteiger partial charge in [-0.2, -0.15) is 5.26 Å². The lowest BCUT2D eigenvalue weighted by atomic mass is 10.0. The zero-order valence-electron chi connectivity index (χ0n) is 17.1. The second-order valence-electron chi connectivity index (χ2n) is 6.93. The maximum atomic E-state index is 12.6. The van der Waals surface area contributed by atoms with E-state index in [0.717, 1.165) is 16.7 Å². The largest absolute Gasteiger partial charge is 0.496 e. The van der Waals surface area contributed by atoms with Crippen molar-refractivity contribution in [2.45, 2.75) is 13.3 Å². The van der Waals surface area contributed by atoms with Gasteiger partial charge in [0.1, 0.15) is 17.4 Å². The lowest BCUT2D eigenvalue weighted by Crippen LogP contribution is -2.13. The molecule has 156 valence electrons. The Balaban J connectivity index is 1.83. The highest BCUT2D eigenvalue weighted by molar-refractivity contribution is 6.32. The summed E-state index contributed by atoms with van der Waals surface area (Å²) in [6.07, 6.45) is 2.12. The Morgan fingerprint density at radius 1 is 1.06 bits per heavy atom. The number of ether oxygens (including phenoxy) is 1. The van der Waals surface area contributed by atoms with E-state index in [9.17, 15) is 10.1 Å². The van der Waals surface area contributed by atoms with E-state index < -0.39 is 5.91 Å². The van der Waals surface area contributed by atoms with Gasteiger partial charge in [-0.3, -0.25) is 4.79 Å². The first-order chi connectivity index (χ1) is 14.9. The number of hydrogen-bond acceptors (Lipinski definition) is 3. The third-order valence-corrected chi connectivity index (χ3v) is 5.53. The number of carbonyl (C=O) groups excluding carboxylic acids is 1. The van der Waals surface area contributed by atoms with Crippen LogP contribution in [0.5, 0.6) is 5.75 Å². The molecule has 3 rings (SSSR count). The molecular weight excluding hydrogens is 431 g/mol. The summed E-state index contributed by atoms with van der Waals surface area (Å²) in [4.78, 5) is 12.6. The predicted octanol–water partition coefficient (Wildman–Crippen LogP) is 6.45. The van der Waals surface area contributed by atoms with Gasteiger partial charge in [0.15, 0.2) is 0 Å². The quantitative estimate of drug-likeness (QED) is 0.346. The molecule has 0 aliphatic heterocycles. The Bertz CT molecular complexity index is 1200. The molecule has 4 nitrogen and oxygen atoms in total. The van der Waals surface area contributed by atoms with Crippen molar-refractivity contribution < 1.29 is 9.53 Å². The van der Waals surface area contributed by atoms with E-state index in [1.807, 2.05) is 49.4 Å². The summed E-state index contributed by atoms with van der Waals surface area (Å²) >= 11 is 12.4. The van der Waals surface area contributed by atoms with Crippen molar-refractivity contribution in [3.8, 4) is 11.8 Å². The lowest BCUT2D eigenvalue weighted by Gasteiger charge is -2.11. The fourth-order valence-corrected chi connectivity index (χ4v) is 3.41. The number of methoxy groups -OCH3 is 1. The van der Waals surface area contributed by atoms with Crippen LogP contribution < -0.4 is 10.1 Å². The first kappa shape index (κ1) is 22.4. The van der Waals surface area contributed by atoms with Gasteiger partial charge >= 0.3 is 0 Å². The standard InChI is InChI=1S/C25H20Cl2N2O2/c1-16-7-10-21(14-23(16)27)29-25(30)20(15-28)11-17-8-9-19(24(12-17)31-2)13-18-5-3-4-6-22(18)26/h3-12,14H,13H2,1-2H3,(H,29,30)/b20-11+. The van der Waals surface area contributed by atoms with E-state index in [1.165, 1.54) is 6.08 Å². The number of rotatable bonds is 6. The summed E-state index contributed by atoms with van der Waals surface area (Å²) in [7, 11) is 1.58. The summed E-state index contributed by atoms with van der Waals surface area (Å²) < 4.78 is 5.52. The number of anilines is 1. The monoisotopic (exact) mass is 450 g/mol. The molecule has 0 aliphatic carbocycles. The smallest absolute Gasteiger partial charge is 0.266 e. The number of benzene rings is 3. The van der Waals surface area contributed by atoms with Gasteiger partial charge in [-0.05, 0) is 59.5 Å². The molecule has 31 heavy (non-hydrogen) atoms. The summed E-state index contributed by atoms with van der Waals surface area (Å²) in [5.41, 5.74) is 4.00. The average Bonchev–Trinajstić information content (AvgIpc) is 2.76. The van der Waals surface area contributed by atoms with Crippen molar-refractivity contribution in [3.05, 3.63) is 98.5 Å². The van der Waals surface area contributed by atoms with Crippen molar-refractivity contribution in [2.24, 2.45) is 0 Å². The predicted molar refractivity (Wildman–Crippen MR) is 126 cm³/mol. The first-order valence-corrected chi connectivity index (χ1v) is 10.3. The zero-order chi connectivity index (χ0) is 22.4. The number of hydrogen-bond donors (Lipinski definition) is 1. The molecule has 0 saturated carbocycles. The number of nitrogens with zero attached hydrogens (tertiary/aromatic N) is 1. The molecule has 0 atom stereocenters. The zero-order valence-corrected chi connectivity index (χ0v) is 18.6. The van der Waals surface area contributed by atoms with Crippen molar-refractivity contribution in [1.29, 1.82) is 5.26 Å². The molecule has 0 heterocycles. The van der Waals surface area contributed by atoms with Crippen LogP contribution in [0.25, 0.3) is 6.08 Å². The summed E-state index contributed by atoms with van der Waals surface area (Å²) in [5, 5.41) is 13.4. The Hall–Kier alpha value is -3.26. The molecule has 1 amide bonds. The van der Waals surface area contributed by atoms with E-state index in [-0.39, 0.29) is 5.57 Å². The Morgan fingerprint density at radius 2 is 1.84 bits per heavy atom. The van der Waals surface area contributed by atoms with Gasteiger partial charge in [0, 0.05) is 22.2 Å². The number of nitrogens with one attached hydrogen (secondary N) is 1. The normalized spacial score (nSPS) is 11.0. The lowest BCUT2D eigenvalue weighted by molar-refractivity contribution is -0.112. The Morgan fingerprint density at radius 3 is 2.52 bits per heavy atom. The van der Waals surface area contributed by atoms with Crippen molar-refractivity contribution in [3.63, 3.8) is 0 Å². The highest BCUT2D eigenvalue weighted by Gasteiger charge is 2.12. The van der Waals surface area contributed by atoms with Crippen LogP contribution in [0, 0.1) is 18.3 Å². The molecular formula is C25H20Cl2N2O2. The highest BCUT2D eigenvalue weighted by Crippen LogP contribution is 2.27. The minimum Gasteiger partial charge on any atom is -0.496 e. The fourth-order valence-electron chi connectivity index (χ4n) is 3.03. The summed E-state index contributed by atoms with van der Waals surface area (Å²) in [6.45, 7) is 1.87. The van der Waals surface area contributed by atoms with E-state index in [1.54, 1.807) is 31.4 Å². The van der Waals surface area contributed by atoms with Gasteiger partial charge < -0.3 is 10.1 Å². The van der Waals surface area contributed by atoms with Gasteiger partial charge in [0.05, 0.1) is 7.11 Å². The number of amides is 1. The van der Waals surface area contributed by atoms with Crippen LogP contribution >= 0.6 is 23.2 Å². The van der Waals surface area contributed by atoms with Crippen LogP contribution in [0.15, 0.2) is 66.2 Å². The second-order valence-corrected chi connectivity index (χ2v) is 7.74. The third-order valence-electron chi connectivity index (χ3n) is 4.76. The molecule has 6 heteroatoms. The molecule has 0 radical (unpaired) electrons. The van der Waals surface area contributed by atoms with Crippen LogP contribution in [-0.2, 0) is 11.2 Å². The molecule has 0 fully saturated rings. The van der Waals surface area contributed by atoms with Gasteiger partial charge in [-0.15, -0.1) is 0 Å². The number of halogens is 2.